The summed E-state index contributed by atoms with van der Waals surface area (Å²) >= 11 is 0. The Morgan fingerprint density at radius 3 is 2.52 bits per heavy atom. The molecule has 0 bridgehead atoms. The SMILES string of the molecule is Cc1ccc2cc(Cn3ncc(OC(=O)NCc4c(C)cc(CN)cc4C)c3C)ccc2n1. The van der Waals surface area contributed by atoms with E-state index in [0.717, 1.165) is 50.1 Å². The zero-order valence-electron chi connectivity index (χ0n) is 19.5. The highest BCUT2D eigenvalue weighted by atomic mass is 16.6. The lowest BCUT2D eigenvalue weighted by molar-refractivity contribution is 0.199. The van der Waals surface area contributed by atoms with Crippen molar-refractivity contribution in [3.8, 4) is 5.75 Å². The minimum absolute atomic E-state index is 0.388. The van der Waals surface area contributed by atoms with Crippen molar-refractivity contribution in [2.45, 2.75) is 47.3 Å². The van der Waals surface area contributed by atoms with Crippen molar-refractivity contribution in [2.24, 2.45) is 5.73 Å². The van der Waals surface area contributed by atoms with Crippen LogP contribution in [0.15, 0.2) is 48.7 Å². The maximum absolute atomic E-state index is 12.4. The lowest BCUT2D eigenvalue weighted by Gasteiger charge is -2.13. The number of nitrogens with zero attached hydrogens (tertiary/aromatic N) is 3. The van der Waals surface area contributed by atoms with Crippen LogP contribution < -0.4 is 15.8 Å². The quantitative estimate of drug-likeness (QED) is 0.459. The number of rotatable bonds is 6. The number of nitrogens with one attached hydrogen (secondary N) is 1. The molecule has 0 saturated carbocycles. The Balaban J connectivity index is 1.41. The summed E-state index contributed by atoms with van der Waals surface area (Å²) in [6.45, 7) is 9.38. The maximum Gasteiger partial charge on any atom is 0.412 e. The van der Waals surface area contributed by atoms with Gasteiger partial charge in [-0.1, -0.05) is 24.3 Å². The highest BCUT2D eigenvalue weighted by Crippen LogP contribution is 2.21. The molecule has 0 saturated heterocycles. The highest BCUT2D eigenvalue weighted by molar-refractivity contribution is 5.79. The highest BCUT2D eigenvalue weighted by Gasteiger charge is 2.14. The number of aromatic nitrogens is 3. The van der Waals surface area contributed by atoms with E-state index < -0.39 is 6.09 Å². The second-order valence-corrected chi connectivity index (χ2v) is 8.39. The van der Waals surface area contributed by atoms with Crippen molar-refractivity contribution in [1.29, 1.82) is 0 Å². The van der Waals surface area contributed by atoms with Gasteiger partial charge in [0, 0.05) is 24.2 Å². The molecule has 4 rings (SSSR count). The van der Waals surface area contributed by atoms with Crippen LogP contribution >= 0.6 is 0 Å². The average Bonchev–Trinajstić information content (AvgIpc) is 3.12. The molecule has 0 aliphatic carbocycles. The zero-order chi connectivity index (χ0) is 23.5. The molecule has 33 heavy (non-hydrogen) atoms. The molecule has 0 atom stereocenters. The van der Waals surface area contributed by atoms with E-state index in [9.17, 15) is 4.79 Å². The van der Waals surface area contributed by atoms with Gasteiger partial charge in [0.05, 0.1) is 24.0 Å². The zero-order valence-corrected chi connectivity index (χ0v) is 19.5. The van der Waals surface area contributed by atoms with Crippen molar-refractivity contribution < 1.29 is 9.53 Å². The van der Waals surface area contributed by atoms with Gasteiger partial charge in [0.25, 0.3) is 0 Å². The van der Waals surface area contributed by atoms with Crippen molar-refractivity contribution in [2.75, 3.05) is 0 Å². The van der Waals surface area contributed by atoms with Gasteiger partial charge in [-0.15, -0.1) is 0 Å². The maximum atomic E-state index is 12.4. The first-order valence-electron chi connectivity index (χ1n) is 11.0. The molecular formula is C26H29N5O2. The van der Waals surface area contributed by atoms with E-state index in [-0.39, 0.29) is 0 Å². The van der Waals surface area contributed by atoms with E-state index >= 15 is 0 Å². The Hall–Kier alpha value is -3.71. The van der Waals surface area contributed by atoms with Crippen LogP contribution in [0.4, 0.5) is 4.79 Å². The van der Waals surface area contributed by atoms with Crippen molar-refractivity contribution in [3.05, 3.63) is 87.9 Å². The van der Waals surface area contributed by atoms with E-state index in [1.165, 1.54) is 0 Å². The van der Waals surface area contributed by atoms with Crippen LogP contribution in [0.2, 0.25) is 0 Å². The van der Waals surface area contributed by atoms with Crippen LogP contribution in [0.5, 0.6) is 5.75 Å². The molecule has 4 aromatic rings. The van der Waals surface area contributed by atoms with Crippen molar-refractivity contribution in [1.82, 2.24) is 20.1 Å². The average molecular weight is 444 g/mol. The third kappa shape index (κ3) is 5.04. The summed E-state index contributed by atoms with van der Waals surface area (Å²) in [4.78, 5) is 17.0. The lowest BCUT2D eigenvalue weighted by Crippen LogP contribution is -2.27. The minimum atomic E-state index is -0.508. The number of amides is 1. The van der Waals surface area contributed by atoms with Gasteiger partial charge in [-0.3, -0.25) is 9.67 Å². The van der Waals surface area contributed by atoms with E-state index in [4.69, 9.17) is 10.5 Å². The predicted octanol–water partition coefficient (Wildman–Crippen LogP) is 4.46. The normalized spacial score (nSPS) is 11.1. The van der Waals surface area contributed by atoms with Gasteiger partial charge in [0.2, 0.25) is 0 Å². The molecule has 0 fully saturated rings. The van der Waals surface area contributed by atoms with Gasteiger partial charge in [0.1, 0.15) is 0 Å². The minimum Gasteiger partial charge on any atom is -0.407 e. The van der Waals surface area contributed by atoms with Crippen LogP contribution in [0.3, 0.4) is 0 Å². The topological polar surface area (TPSA) is 95.1 Å². The summed E-state index contributed by atoms with van der Waals surface area (Å²) in [5, 5.41) is 8.34. The molecular weight excluding hydrogens is 414 g/mol. The standard InChI is InChI=1S/C26H29N5O2/c1-16-9-21(12-27)10-17(2)23(16)13-28-26(32)33-25-14-29-31(19(25)4)15-20-6-8-24-22(11-20)7-5-18(3)30-24/h5-11,14H,12-13,15,27H2,1-4H3,(H,28,32). The number of carbonyl (C=O) groups excluding carboxylic acids is 1. The summed E-state index contributed by atoms with van der Waals surface area (Å²) in [5.41, 5.74) is 13.9. The number of carbonyl (C=O) groups is 1. The number of hydrogen-bond donors (Lipinski definition) is 2. The fraction of sp³-hybridized carbons (Fsp3) is 0.269. The first-order chi connectivity index (χ1) is 15.8. The molecule has 0 radical (unpaired) electrons. The Morgan fingerprint density at radius 1 is 1.03 bits per heavy atom. The Bertz CT molecular complexity index is 1300. The summed E-state index contributed by atoms with van der Waals surface area (Å²) in [6, 6.07) is 14.3. The van der Waals surface area contributed by atoms with Gasteiger partial charge in [-0.05, 0) is 73.7 Å². The van der Waals surface area contributed by atoms with E-state index in [2.05, 4.69) is 27.5 Å². The number of ether oxygens (including phenoxy) is 1. The van der Waals surface area contributed by atoms with E-state index in [0.29, 0.717) is 25.4 Å². The number of aryl methyl sites for hydroxylation is 3. The first-order valence-corrected chi connectivity index (χ1v) is 11.0. The molecule has 170 valence electrons. The lowest BCUT2D eigenvalue weighted by atomic mass is 9.99. The van der Waals surface area contributed by atoms with Gasteiger partial charge in [0.15, 0.2) is 5.75 Å². The van der Waals surface area contributed by atoms with Crippen molar-refractivity contribution >= 4 is 17.0 Å². The molecule has 2 aromatic carbocycles. The number of benzene rings is 2. The molecule has 3 N–H and O–H groups in total. The van der Waals surface area contributed by atoms with Crippen LogP contribution in [-0.4, -0.2) is 20.9 Å². The predicted molar refractivity (Wildman–Crippen MR) is 129 cm³/mol. The summed E-state index contributed by atoms with van der Waals surface area (Å²) in [6.07, 6.45) is 1.07. The molecule has 0 aliphatic rings. The number of fused-ring (bicyclic) bond motifs is 1. The second-order valence-electron chi connectivity index (χ2n) is 8.39. The van der Waals surface area contributed by atoms with Gasteiger partial charge in [-0.2, -0.15) is 5.10 Å². The Kier molecular flexibility index (Phi) is 6.42. The van der Waals surface area contributed by atoms with Gasteiger partial charge in [-0.25, -0.2) is 4.79 Å². The molecule has 0 spiro atoms. The number of nitrogens with two attached hydrogens (primary N) is 1. The van der Waals surface area contributed by atoms with Crippen LogP contribution in [0.1, 0.15) is 39.2 Å². The molecule has 0 unspecified atom stereocenters. The third-order valence-corrected chi connectivity index (χ3v) is 5.89. The summed E-state index contributed by atoms with van der Waals surface area (Å²) < 4.78 is 7.35. The molecule has 7 nitrogen and oxygen atoms in total. The molecule has 0 aliphatic heterocycles. The van der Waals surface area contributed by atoms with Crippen molar-refractivity contribution in [3.63, 3.8) is 0 Å². The number of pyridine rings is 1. The fourth-order valence-electron chi connectivity index (χ4n) is 4.01. The molecule has 2 heterocycles. The van der Waals surface area contributed by atoms with Crippen LogP contribution in [0.25, 0.3) is 10.9 Å². The third-order valence-electron chi connectivity index (χ3n) is 5.89. The smallest absolute Gasteiger partial charge is 0.407 e. The second kappa shape index (κ2) is 9.42. The number of hydrogen-bond acceptors (Lipinski definition) is 5. The largest absolute Gasteiger partial charge is 0.412 e. The first kappa shape index (κ1) is 22.5. The van der Waals surface area contributed by atoms with Gasteiger partial charge >= 0.3 is 6.09 Å². The van der Waals surface area contributed by atoms with Crippen LogP contribution in [0, 0.1) is 27.7 Å². The Labute approximate surface area is 193 Å². The van der Waals surface area contributed by atoms with E-state index in [1.807, 2.05) is 62.7 Å². The summed E-state index contributed by atoms with van der Waals surface area (Å²) in [7, 11) is 0. The molecule has 7 heteroatoms. The fourth-order valence-corrected chi connectivity index (χ4v) is 4.01. The molecule has 1 amide bonds. The molecule has 2 aromatic heterocycles. The van der Waals surface area contributed by atoms with E-state index in [1.54, 1.807) is 6.20 Å². The van der Waals surface area contributed by atoms with Crippen LogP contribution in [-0.2, 0) is 19.6 Å². The monoisotopic (exact) mass is 443 g/mol. The van der Waals surface area contributed by atoms with Gasteiger partial charge < -0.3 is 15.8 Å². The summed E-state index contributed by atoms with van der Waals surface area (Å²) in [5.74, 6) is 0.442. The Morgan fingerprint density at radius 2 is 1.79 bits per heavy atom.